The molecule has 2 aromatic carbocycles. The molecule has 0 aromatic heterocycles. The molecular formula is C12H11Br. The van der Waals surface area contributed by atoms with Gasteiger partial charge in [-0.15, -0.1) is 0 Å². The van der Waals surface area contributed by atoms with Crippen molar-refractivity contribution >= 4 is 26.7 Å². The Balaban J connectivity index is 2.66. The Bertz CT molecular complexity index is 432. The Hall–Kier alpha value is -0.820. The number of hydrogen-bond acceptors (Lipinski definition) is 0. The summed E-state index contributed by atoms with van der Waals surface area (Å²) in [4.78, 5) is 0. The number of halogens is 1. The highest BCUT2D eigenvalue weighted by Gasteiger charge is 1.95. The van der Waals surface area contributed by atoms with E-state index in [-0.39, 0.29) is 0 Å². The maximum Gasteiger partial charge on any atom is 0.0283 e. The van der Waals surface area contributed by atoms with Gasteiger partial charge >= 0.3 is 0 Å². The zero-order chi connectivity index (χ0) is 9.26. The molecule has 0 saturated carbocycles. The van der Waals surface area contributed by atoms with Crippen LogP contribution in [0.15, 0.2) is 36.4 Å². The molecule has 1 heteroatoms. The van der Waals surface area contributed by atoms with Gasteiger partial charge < -0.3 is 0 Å². The van der Waals surface area contributed by atoms with Gasteiger partial charge in [-0.3, -0.25) is 0 Å². The fourth-order valence-electron chi connectivity index (χ4n) is 1.50. The zero-order valence-corrected chi connectivity index (χ0v) is 9.14. The SMILES string of the molecule is Cc1ccc2cc(CBr)ccc2c1. The van der Waals surface area contributed by atoms with Gasteiger partial charge in [0.25, 0.3) is 0 Å². The van der Waals surface area contributed by atoms with E-state index in [1.165, 1.54) is 21.9 Å². The average Bonchev–Trinajstić information content (AvgIpc) is 2.17. The van der Waals surface area contributed by atoms with E-state index in [1.807, 2.05) is 0 Å². The predicted octanol–water partition coefficient (Wildman–Crippen LogP) is 4.04. The van der Waals surface area contributed by atoms with Crippen LogP contribution in [0.5, 0.6) is 0 Å². The predicted molar refractivity (Wildman–Crippen MR) is 61.3 cm³/mol. The maximum absolute atomic E-state index is 3.46. The highest BCUT2D eigenvalue weighted by Crippen LogP contribution is 2.18. The summed E-state index contributed by atoms with van der Waals surface area (Å²) >= 11 is 3.46. The van der Waals surface area contributed by atoms with Crippen LogP contribution in [-0.2, 0) is 5.33 Å². The van der Waals surface area contributed by atoms with E-state index in [0.29, 0.717) is 0 Å². The van der Waals surface area contributed by atoms with Crippen LogP contribution in [0.2, 0.25) is 0 Å². The fourth-order valence-corrected chi connectivity index (χ4v) is 1.85. The summed E-state index contributed by atoms with van der Waals surface area (Å²) in [6.45, 7) is 2.12. The van der Waals surface area contributed by atoms with Crippen LogP contribution in [-0.4, -0.2) is 0 Å². The third kappa shape index (κ3) is 1.75. The first-order valence-corrected chi connectivity index (χ1v) is 5.47. The first-order chi connectivity index (χ1) is 6.29. The normalized spacial score (nSPS) is 10.6. The zero-order valence-electron chi connectivity index (χ0n) is 7.55. The third-order valence-electron chi connectivity index (χ3n) is 2.21. The monoisotopic (exact) mass is 234 g/mol. The second kappa shape index (κ2) is 3.51. The lowest BCUT2D eigenvalue weighted by atomic mass is 10.1. The summed E-state index contributed by atoms with van der Waals surface area (Å²) in [6, 6.07) is 13.1. The minimum Gasteiger partial charge on any atom is -0.0876 e. The van der Waals surface area contributed by atoms with E-state index in [1.54, 1.807) is 0 Å². The highest BCUT2D eigenvalue weighted by atomic mass is 79.9. The molecule has 0 bridgehead atoms. The van der Waals surface area contributed by atoms with E-state index in [9.17, 15) is 0 Å². The minimum atomic E-state index is 0.927. The van der Waals surface area contributed by atoms with Gasteiger partial charge in [0.05, 0.1) is 0 Å². The molecule has 66 valence electrons. The van der Waals surface area contributed by atoms with E-state index in [2.05, 4.69) is 59.3 Å². The number of fused-ring (bicyclic) bond motifs is 1. The molecular weight excluding hydrogens is 224 g/mol. The van der Waals surface area contributed by atoms with Crippen LogP contribution < -0.4 is 0 Å². The largest absolute Gasteiger partial charge is 0.0876 e. The van der Waals surface area contributed by atoms with Crippen LogP contribution in [0, 0.1) is 6.92 Å². The lowest BCUT2D eigenvalue weighted by Gasteiger charge is -2.01. The maximum atomic E-state index is 3.46. The van der Waals surface area contributed by atoms with Crippen LogP contribution in [0.4, 0.5) is 0 Å². The van der Waals surface area contributed by atoms with Crippen molar-refractivity contribution in [2.75, 3.05) is 0 Å². The van der Waals surface area contributed by atoms with E-state index in [4.69, 9.17) is 0 Å². The lowest BCUT2D eigenvalue weighted by molar-refractivity contribution is 1.45. The van der Waals surface area contributed by atoms with Crippen molar-refractivity contribution < 1.29 is 0 Å². The molecule has 0 radical (unpaired) electrons. The van der Waals surface area contributed by atoms with Crippen LogP contribution in [0.25, 0.3) is 10.8 Å². The molecule has 0 amide bonds. The molecule has 0 aliphatic rings. The van der Waals surface area contributed by atoms with E-state index < -0.39 is 0 Å². The van der Waals surface area contributed by atoms with Gasteiger partial charge in [-0.2, -0.15) is 0 Å². The van der Waals surface area contributed by atoms with Gasteiger partial charge in [0.2, 0.25) is 0 Å². The molecule has 0 unspecified atom stereocenters. The molecule has 13 heavy (non-hydrogen) atoms. The molecule has 0 nitrogen and oxygen atoms in total. The second-order valence-electron chi connectivity index (χ2n) is 3.32. The summed E-state index contributed by atoms with van der Waals surface area (Å²) in [5.41, 5.74) is 2.65. The number of alkyl halides is 1. The van der Waals surface area contributed by atoms with Crippen molar-refractivity contribution in [2.24, 2.45) is 0 Å². The van der Waals surface area contributed by atoms with Crippen molar-refractivity contribution in [1.29, 1.82) is 0 Å². The minimum absolute atomic E-state index is 0.927. The lowest BCUT2D eigenvalue weighted by Crippen LogP contribution is -1.79. The summed E-state index contributed by atoms with van der Waals surface area (Å²) in [6.07, 6.45) is 0. The molecule has 0 fully saturated rings. The van der Waals surface area contributed by atoms with Crippen molar-refractivity contribution in [3.8, 4) is 0 Å². The van der Waals surface area contributed by atoms with Crippen molar-refractivity contribution in [2.45, 2.75) is 12.3 Å². The highest BCUT2D eigenvalue weighted by molar-refractivity contribution is 9.08. The Morgan fingerprint density at radius 3 is 2.46 bits per heavy atom. The molecule has 0 heterocycles. The van der Waals surface area contributed by atoms with Crippen LogP contribution >= 0.6 is 15.9 Å². The number of aryl methyl sites for hydroxylation is 1. The van der Waals surface area contributed by atoms with Crippen molar-refractivity contribution in [3.05, 3.63) is 47.5 Å². The molecule has 0 aliphatic heterocycles. The van der Waals surface area contributed by atoms with Gasteiger partial charge in [-0.25, -0.2) is 0 Å². The summed E-state index contributed by atoms with van der Waals surface area (Å²) in [5.74, 6) is 0. The molecule has 0 atom stereocenters. The molecule has 0 N–H and O–H groups in total. The van der Waals surface area contributed by atoms with Gasteiger partial charge in [0, 0.05) is 5.33 Å². The molecule has 2 rings (SSSR count). The van der Waals surface area contributed by atoms with E-state index >= 15 is 0 Å². The Labute approximate surface area is 86.7 Å². The first-order valence-electron chi connectivity index (χ1n) is 4.35. The Morgan fingerprint density at radius 1 is 1.00 bits per heavy atom. The van der Waals surface area contributed by atoms with Crippen LogP contribution in [0.1, 0.15) is 11.1 Å². The quantitative estimate of drug-likeness (QED) is 0.654. The summed E-state index contributed by atoms with van der Waals surface area (Å²) in [7, 11) is 0. The van der Waals surface area contributed by atoms with Crippen molar-refractivity contribution in [1.82, 2.24) is 0 Å². The Kier molecular flexibility index (Phi) is 2.36. The second-order valence-corrected chi connectivity index (χ2v) is 3.88. The fraction of sp³-hybridized carbons (Fsp3) is 0.167. The van der Waals surface area contributed by atoms with Crippen LogP contribution in [0.3, 0.4) is 0 Å². The third-order valence-corrected chi connectivity index (χ3v) is 2.86. The number of hydrogen-bond donors (Lipinski definition) is 0. The van der Waals surface area contributed by atoms with Gasteiger partial charge in [0.1, 0.15) is 0 Å². The van der Waals surface area contributed by atoms with Gasteiger partial charge in [-0.1, -0.05) is 57.9 Å². The summed E-state index contributed by atoms with van der Waals surface area (Å²) in [5, 5.41) is 3.57. The van der Waals surface area contributed by atoms with Crippen molar-refractivity contribution in [3.63, 3.8) is 0 Å². The van der Waals surface area contributed by atoms with E-state index in [0.717, 1.165) is 5.33 Å². The first kappa shape index (κ1) is 8.76. The smallest absolute Gasteiger partial charge is 0.0283 e. The Morgan fingerprint density at radius 2 is 1.69 bits per heavy atom. The molecule has 0 spiro atoms. The molecule has 2 aromatic rings. The topological polar surface area (TPSA) is 0 Å². The van der Waals surface area contributed by atoms with Gasteiger partial charge in [-0.05, 0) is 23.3 Å². The average molecular weight is 235 g/mol. The van der Waals surface area contributed by atoms with Gasteiger partial charge in [0.15, 0.2) is 0 Å². The number of rotatable bonds is 1. The summed E-state index contributed by atoms with van der Waals surface area (Å²) < 4.78 is 0. The molecule has 0 saturated heterocycles. The standard InChI is InChI=1S/C12H11Br/c1-9-2-4-12-7-10(8-13)3-5-11(12)6-9/h2-7H,8H2,1H3. The number of benzene rings is 2. The molecule has 0 aliphatic carbocycles.